The van der Waals surface area contributed by atoms with Gasteiger partial charge in [0.05, 0.1) is 5.56 Å². The Hall–Kier alpha value is -4.22. The number of nitrogens with two attached hydrogens (primary N) is 1. The normalized spacial score (nSPS) is 15.7. The summed E-state index contributed by atoms with van der Waals surface area (Å²) in [7, 11) is 0. The standard InChI is InChI=1S/C21H16F3N5O4/c22-21(23,24)12-3-6-16(27-10-12)32-13-4-1-11(2-5-13)19-28-14(18(25)30)9-17(29-19)33-15-7-8-26-20(15)31/h1-6,9-10,15H,7-8H2,(H2,25,30)(H,26,31)/t15-/m0/s1. The molecular weight excluding hydrogens is 443 g/mol. The van der Waals surface area contributed by atoms with Gasteiger partial charge in [0.15, 0.2) is 11.9 Å². The number of nitrogens with one attached hydrogen (secondary N) is 1. The molecule has 0 radical (unpaired) electrons. The topological polar surface area (TPSA) is 129 Å². The Kier molecular flexibility index (Phi) is 5.82. The molecule has 3 heterocycles. The van der Waals surface area contributed by atoms with Crippen LogP contribution in [0.2, 0.25) is 0 Å². The van der Waals surface area contributed by atoms with E-state index in [2.05, 4.69) is 20.3 Å². The number of rotatable bonds is 6. The average molecular weight is 459 g/mol. The molecule has 1 saturated heterocycles. The van der Waals surface area contributed by atoms with Crippen LogP contribution in [0.1, 0.15) is 22.5 Å². The lowest BCUT2D eigenvalue weighted by Crippen LogP contribution is -2.28. The van der Waals surface area contributed by atoms with Crippen LogP contribution in [0, 0.1) is 0 Å². The minimum atomic E-state index is -4.49. The van der Waals surface area contributed by atoms with E-state index in [1.54, 1.807) is 12.1 Å². The van der Waals surface area contributed by atoms with Gasteiger partial charge in [0.25, 0.3) is 11.8 Å². The lowest BCUT2D eigenvalue weighted by Gasteiger charge is -2.12. The molecule has 2 aromatic heterocycles. The Bertz CT molecular complexity index is 1180. The van der Waals surface area contributed by atoms with E-state index in [9.17, 15) is 22.8 Å². The summed E-state index contributed by atoms with van der Waals surface area (Å²) < 4.78 is 49.0. The van der Waals surface area contributed by atoms with Crippen LogP contribution >= 0.6 is 0 Å². The quantitative estimate of drug-likeness (QED) is 0.580. The van der Waals surface area contributed by atoms with Crippen molar-refractivity contribution in [3.63, 3.8) is 0 Å². The summed E-state index contributed by atoms with van der Waals surface area (Å²) in [6, 6.07) is 9.44. The summed E-state index contributed by atoms with van der Waals surface area (Å²) >= 11 is 0. The van der Waals surface area contributed by atoms with Gasteiger partial charge in [-0.2, -0.15) is 18.2 Å². The van der Waals surface area contributed by atoms with Crippen molar-refractivity contribution in [3.8, 4) is 28.9 Å². The number of carbonyl (C=O) groups is 2. The zero-order valence-electron chi connectivity index (χ0n) is 16.8. The summed E-state index contributed by atoms with van der Waals surface area (Å²) in [6.45, 7) is 0.472. The Balaban J connectivity index is 1.54. The van der Waals surface area contributed by atoms with Gasteiger partial charge >= 0.3 is 6.18 Å². The molecule has 1 fully saturated rings. The maximum absolute atomic E-state index is 12.6. The van der Waals surface area contributed by atoms with Crippen molar-refractivity contribution in [1.29, 1.82) is 0 Å². The first-order chi connectivity index (χ1) is 15.7. The maximum atomic E-state index is 12.6. The molecule has 170 valence electrons. The molecule has 2 amide bonds. The highest BCUT2D eigenvalue weighted by molar-refractivity contribution is 5.91. The van der Waals surface area contributed by atoms with E-state index < -0.39 is 23.8 Å². The fourth-order valence-corrected chi connectivity index (χ4v) is 2.97. The van der Waals surface area contributed by atoms with E-state index in [-0.39, 0.29) is 29.2 Å². The van der Waals surface area contributed by atoms with Crippen LogP contribution in [0.3, 0.4) is 0 Å². The summed E-state index contributed by atoms with van der Waals surface area (Å²) in [5.74, 6) is -0.657. The molecular formula is C21H16F3N5O4. The Morgan fingerprint density at radius 3 is 2.42 bits per heavy atom. The average Bonchev–Trinajstić information content (AvgIpc) is 3.18. The van der Waals surface area contributed by atoms with Gasteiger partial charge in [0, 0.05) is 36.9 Å². The molecule has 3 N–H and O–H groups in total. The van der Waals surface area contributed by atoms with E-state index in [1.807, 2.05) is 0 Å². The van der Waals surface area contributed by atoms with Gasteiger partial charge in [-0.25, -0.2) is 9.97 Å². The van der Waals surface area contributed by atoms with Gasteiger partial charge in [-0.15, -0.1) is 0 Å². The summed E-state index contributed by atoms with van der Waals surface area (Å²) in [5.41, 5.74) is 4.85. The van der Waals surface area contributed by atoms with Crippen LogP contribution in [0.15, 0.2) is 48.7 Å². The number of carbonyl (C=O) groups excluding carboxylic acids is 2. The van der Waals surface area contributed by atoms with Gasteiger partial charge in [-0.1, -0.05) is 0 Å². The Morgan fingerprint density at radius 2 is 1.85 bits per heavy atom. The number of benzene rings is 1. The molecule has 0 unspecified atom stereocenters. The molecule has 3 aromatic rings. The number of primary amides is 1. The number of pyridine rings is 1. The maximum Gasteiger partial charge on any atom is 0.417 e. The molecule has 33 heavy (non-hydrogen) atoms. The monoisotopic (exact) mass is 459 g/mol. The van der Waals surface area contributed by atoms with E-state index in [0.717, 1.165) is 12.1 Å². The molecule has 1 atom stereocenters. The smallest absolute Gasteiger partial charge is 0.417 e. The second kappa shape index (κ2) is 8.73. The van der Waals surface area contributed by atoms with Crippen molar-refractivity contribution in [1.82, 2.24) is 20.3 Å². The SMILES string of the molecule is NC(=O)c1cc(O[C@H]2CCNC2=O)nc(-c2ccc(Oc3ccc(C(F)(F)F)cn3)cc2)n1. The van der Waals surface area contributed by atoms with Crippen LogP contribution in [0.4, 0.5) is 13.2 Å². The molecule has 0 spiro atoms. The Labute approximate surface area is 184 Å². The molecule has 4 rings (SSSR count). The number of hydrogen-bond donors (Lipinski definition) is 2. The highest BCUT2D eigenvalue weighted by atomic mass is 19.4. The lowest BCUT2D eigenvalue weighted by molar-refractivity contribution is -0.137. The third-order valence-electron chi connectivity index (χ3n) is 4.61. The fraction of sp³-hybridized carbons (Fsp3) is 0.190. The van der Waals surface area contributed by atoms with Crippen molar-refractivity contribution in [2.24, 2.45) is 5.73 Å². The predicted molar refractivity (Wildman–Crippen MR) is 107 cm³/mol. The minimum absolute atomic E-state index is 0.0186. The highest BCUT2D eigenvalue weighted by Crippen LogP contribution is 2.30. The molecule has 1 aliphatic heterocycles. The number of hydrogen-bond acceptors (Lipinski definition) is 7. The highest BCUT2D eigenvalue weighted by Gasteiger charge is 2.31. The number of halogens is 3. The van der Waals surface area contributed by atoms with Crippen LogP contribution < -0.4 is 20.5 Å². The largest absolute Gasteiger partial charge is 0.464 e. The summed E-state index contributed by atoms with van der Waals surface area (Å²) in [6.07, 6.45) is -4.09. The van der Waals surface area contributed by atoms with Crippen molar-refractivity contribution < 1.29 is 32.2 Å². The lowest BCUT2D eigenvalue weighted by atomic mass is 10.2. The number of aromatic nitrogens is 3. The van der Waals surface area contributed by atoms with E-state index in [4.69, 9.17) is 15.2 Å². The van der Waals surface area contributed by atoms with E-state index >= 15 is 0 Å². The second-order valence-electron chi connectivity index (χ2n) is 6.97. The van der Waals surface area contributed by atoms with Crippen molar-refractivity contribution in [2.45, 2.75) is 18.7 Å². The first-order valence-electron chi connectivity index (χ1n) is 9.64. The van der Waals surface area contributed by atoms with Gasteiger partial charge in [-0.05, 0) is 30.3 Å². The molecule has 1 aliphatic rings. The van der Waals surface area contributed by atoms with Gasteiger partial charge < -0.3 is 20.5 Å². The molecule has 1 aromatic carbocycles. The predicted octanol–water partition coefficient (Wildman–Crippen LogP) is 2.72. The molecule has 0 saturated carbocycles. The minimum Gasteiger partial charge on any atom is -0.464 e. The molecule has 0 aliphatic carbocycles. The third-order valence-corrected chi connectivity index (χ3v) is 4.61. The molecule has 12 heteroatoms. The fourth-order valence-electron chi connectivity index (χ4n) is 2.97. The van der Waals surface area contributed by atoms with E-state index in [1.165, 1.54) is 18.2 Å². The van der Waals surface area contributed by atoms with Crippen LogP contribution in [0.5, 0.6) is 17.5 Å². The van der Waals surface area contributed by atoms with Crippen LogP contribution in [-0.4, -0.2) is 39.4 Å². The van der Waals surface area contributed by atoms with Gasteiger partial charge in [0.1, 0.15) is 11.4 Å². The van der Waals surface area contributed by atoms with Crippen LogP contribution in [0.25, 0.3) is 11.4 Å². The van der Waals surface area contributed by atoms with E-state index in [0.29, 0.717) is 30.5 Å². The van der Waals surface area contributed by atoms with Crippen molar-refractivity contribution >= 4 is 11.8 Å². The molecule has 0 bridgehead atoms. The summed E-state index contributed by atoms with van der Waals surface area (Å²) in [5, 5.41) is 2.64. The third kappa shape index (κ3) is 5.17. The first kappa shape index (κ1) is 22.0. The second-order valence-corrected chi connectivity index (χ2v) is 6.97. The summed E-state index contributed by atoms with van der Waals surface area (Å²) in [4.78, 5) is 35.5. The van der Waals surface area contributed by atoms with Crippen LogP contribution in [-0.2, 0) is 11.0 Å². The van der Waals surface area contributed by atoms with Gasteiger partial charge in [-0.3, -0.25) is 9.59 Å². The van der Waals surface area contributed by atoms with Crippen molar-refractivity contribution in [2.75, 3.05) is 6.54 Å². The Morgan fingerprint density at radius 1 is 1.09 bits per heavy atom. The number of amides is 2. The number of nitrogens with zero attached hydrogens (tertiary/aromatic N) is 3. The van der Waals surface area contributed by atoms with Crippen molar-refractivity contribution in [3.05, 3.63) is 59.9 Å². The number of alkyl halides is 3. The van der Waals surface area contributed by atoms with Gasteiger partial charge in [0.2, 0.25) is 11.8 Å². The zero-order valence-corrected chi connectivity index (χ0v) is 16.8. The number of ether oxygens (including phenoxy) is 2. The molecule has 9 nitrogen and oxygen atoms in total. The zero-order chi connectivity index (χ0) is 23.6. The first-order valence-corrected chi connectivity index (χ1v) is 9.64.